The molecule has 1 heteroatoms. The summed E-state index contributed by atoms with van der Waals surface area (Å²) in [4.78, 5) is 0. The lowest BCUT2D eigenvalue weighted by Crippen LogP contribution is -2.01. The van der Waals surface area contributed by atoms with Crippen LogP contribution in [0.2, 0.25) is 0 Å². The molecule has 0 atom stereocenters. The number of allylic oxidation sites excluding steroid dienone is 1. The Kier molecular flexibility index (Phi) is 4.62. The Morgan fingerprint density at radius 3 is 2.25 bits per heavy atom. The number of benzene rings is 2. The first-order chi connectivity index (χ1) is 9.60. The van der Waals surface area contributed by atoms with Crippen molar-refractivity contribution in [1.29, 1.82) is 0 Å². The summed E-state index contributed by atoms with van der Waals surface area (Å²) in [7, 11) is 0. The van der Waals surface area contributed by atoms with Crippen molar-refractivity contribution in [2.24, 2.45) is 0 Å². The van der Waals surface area contributed by atoms with Crippen LogP contribution < -0.4 is 5.32 Å². The topological polar surface area (TPSA) is 12.0 Å². The molecule has 0 radical (unpaired) electrons. The first-order valence-corrected chi connectivity index (χ1v) is 7.21. The quantitative estimate of drug-likeness (QED) is 0.772. The van der Waals surface area contributed by atoms with E-state index in [0.29, 0.717) is 0 Å². The van der Waals surface area contributed by atoms with Crippen molar-refractivity contribution < 1.29 is 0 Å². The molecule has 0 aromatic heterocycles. The van der Waals surface area contributed by atoms with Crippen LogP contribution in [0, 0.1) is 20.8 Å². The van der Waals surface area contributed by atoms with Crippen LogP contribution in [0.5, 0.6) is 0 Å². The van der Waals surface area contributed by atoms with E-state index in [4.69, 9.17) is 0 Å². The summed E-state index contributed by atoms with van der Waals surface area (Å²) in [6, 6.07) is 15.1. The molecule has 2 aromatic carbocycles. The van der Waals surface area contributed by atoms with Crippen molar-refractivity contribution in [2.45, 2.75) is 34.1 Å². The van der Waals surface area contributed by atoms with Gasteiger partial charge in [-0.25, -0.2) is 0 Å². The number of aryl methyl sites for hydroxylation is 3. The van der Waals surface area contributed by atoms with Crippen molar-refractivity contribution in [3.8, 4) is 0 Å². The zero-order valence-electron chi connectivity index (χ0n) is 12.8. The summed E-state index contributed by atoms with van der Waals surface area (Å²) in [5.41, 5.74) is 7.48. The normalized spacial score (nSPS) is 11.5. The zero-order chi connectivity index (χ0) is 14.5. The zero-order valence-corrected chi connectivity index (χ0v) is 12.8. The summed E-state index contributed by atoms with van der Waals surface area (Å²) in [5.74, 6) is 0. The highest BCUT2D eigenvalue weighted by atomic mass is 14.9. The third-order valence-electron chi connectivity index (χ3n) is 3.42. The van der Waals surface area contributed by atoms with Crippen molar-refractivity contribution in [1.82, 2.24) is 0 Å². The Bertz CT molecular complexity index is 606. The van der Waals surface area contributed by atoms with E-state index in [9.17, 15) is 0 Å². The number of hydrogen-bond acceptors (Lipinski definition) is 1. The second kappa shape index (κ2) is 6.42. The second-order valence-electron chi connectivity index (χ2n) is 5.34. The second-order valence-corrected chi connectivity index (χ2v) is 5.34. The molecule has 1 N–H and O–H groups in total. The lowest BCUT2D eigenvalue weighted by molar-refractivity contribution is 1.22. The van der Waals surface area contributed by atoms with Crippen molar-refractivity contribution in [3.05, 3.63) is 70.8 Å². The molecule has 0 fully saturated rings. The smallest absolute Gasteiger partial charge is 0.0419 e. The van der Waals surface area contributed by atoms with Crippen LogP contribution in [-0.4, -0.2) is 0 Å². The fourth-order valence-corrected chi connectivity index (χ4v) is 2.25. The van der Waals surface area contributed by atoms with Crippen LogP contribution >= 0.6 is 0 Å². The predicted molar refractivity (Wildman–Crippen MR) is 89.0 cm³/mol. The molecule has 0 spiro atoms. The number of anilines is 1. The van der Waals surface area contributed by atoms with Gasteiger partial charge in [0.05, 0.1) is 0 Å². The summed E-state index contributed by atoms with van der Waals surface area (Å²) < 4.78 is 0. The van der Waals surface area contributed by atoms with Crippen LogP contribution in [0.15, 0.2) is 48.5 Å². The molecule has 0 aliphatic heterocycles. The number of rotatable bonds is 4. The Morgan fingerprint density at radius 1 is 0.950 bits per heavy atom. The van der Waals surface area contributed by atoms with Gasteiger partial charge in [0.2, 0.25) is 0 Å². The van der Waals surface area contributed by atoms with Gasteiger partial charge < -0.3 is 5.32 Å². The predicted octanol–water partition coefficient (Wildman–Crippen LogP) is 5.47. The van der Waals surface area contributed by atoms with Gasteiger partial charge in [-0.15, -0.1) is 0 Å². The summed E-state index contributed by atoms with van der Waals surface area (Å²) in [6.07, 6.45) is 3.27. The molecule has 0 aliphatic carbocycles. The van der Waals surface area contributed by atoms with Gasteiger partial charge in [0.25, 0.3) is 0 Å². The molecule has 0 saturated carbocycles. The van der Waals surface area contributed by atoms with Crippen LogP contribution in [-0.2, 0) is 0 Å². The van der Waals surface area contributed by atoms with Crippen molar-refractivity contribution >= 4 is 11.4 Å². The molecular weight excluding hydrogens is 242 g/mol. The summed E-state index contributed by atoms with van der Waals surface area (Å²) in [5, 5.41) is 3.55. The van der Waals surface area contributed by atoms with E-state index in [1.165, 1.54) is 28.0 Å². The molecule has 0 bridgehead atoms. The first-order valence-electron chi connectivity index (χ1n) is 7.21. The van der Waals surface area contributed by atoms with Crippen molar-refractivity contribution in [3.63, 3.8) is 0 Å². The third kappa shape index (κ3) is 3.51. The fraction of sp³-hybridized carbons (Fsp3) is 0.263. The van der Waals surface area contributed by atoms with Crippen LogP contribution in [0.1, 0.15) is 35.6 Å². The minimum atomic E-state index is 1.02. The molecule has 1 nitrogen and oxygen atoms in total. The van der Waals surface area contributed by atoms with Gasteiger partial charge in [-0.3, -0.25) is 0 Å². The molecule has 20 heavy (non-hydrogen) atoms. The standard InChI is InChI=1S/C19H23N/c1-5-6-19(18-13-15(3)7-10-16(18)4)20-17-11-8-14(2)9-12-17/h6-13,20H,5H2,1-4H3. The SMILES string of the molecule is CCC=C(Nc1ccc(C)cc1)c1cc(C)ccc1C. The average molecular weight is 265 g/mol. The van der Waals surface area contributed by atoms with Crippen molar-refractivity contribution in [2.75, 3.05) is 5.32 Å². The van der Waals surface area contributed by atoms with E-state index >= 15 is 0 Å². The molecule has 0 heterocycles. The third-order valence-corrected chi connectivity index (χ3v) is 3.42. The molecule has 0 unspecified atom stereocenters. The van der Waals surface area contributed by atoms with Gasteiger partial charge in [-0.05, 0) is 51.0 Å². The highest BCUT2D eigenvalue weighted by molar-refractivity contribution is 5.78. The number of hydrogen-bond donors (Lipinski definition) is 1. The van der Waals surface area contributed by atoms with Gasteiger partial charge in [0.15, 0.2) is 0 Å². The van der Waals surface area contributed by atoms with E-state index in [-0.39, 0.29) is 0 Å². The van der Waals surface area contributed by atoms with E-state index in [1.807, 2.05) is 0 Å². The Hall–Kier alpha value is -2.02. The minimum absolute atomic E-state index is 1.02. The molecule has 104 valence electrons. The number of nitrogens with one attached hydrogen (secondary N) is 1. The first kappa shape index (κ1) is 14.4. The summed E-state index contributed by atoms with van der Waals surface area (Å²) >= 11 is 0. The van der Waals surface area contributed by atoms with E-state index < -0.39 is 0 Å². The van der Waals surface area contributed by atoms with Gasteiger partial charge in [0, 0.05) is 16.9 Å². The Balaban J connectivity index is 2.34. The lowest BCUT2D eigenvalue weighted by Gasteiger charge is -2.15. The monoisotopic (exact) mass is 265 g/mol. The summed E-state index contributed by atoms with van der Waals surface area (Å²) in [6.45, 7) is 8.58. The fourth-order valence-electron chi connectivity index (χ4n) is 2.25. The van der Waals surface area contributed by atoms with Gasteiger partial charge in [-0.2, -0.15) is 0 Å². The molecule has 0 saturated heterocycles. The van der Waals surface area contributed by atoms with E-state index in [1.54, 1.807) is 0 Å². The molecule has 0 aliphatic rings. The Labute approximate surface area is 122 Å². The van der Waals surface area contributed by atoms with Crippen LogP contribution in [0.3, 0.4) is 0 Å². The maximum atomic E-state index is 3.55. The largest absolute Gasteiger partial charge is 0.355 e. The van der Waals surface area contributed by atoms with Gasteiger partial charge in [0.1, 0.15) is 0 Å². The van der Waals surface area contributed by atoms with Gasteiger partial charge in [-0.1, -0.05) is 48.4 Å². The Morgan fingerprint density at radius 2 is 1.60 bits per heavy atom. The highest BCUT2D eigenvalue weighted by Gasteiger charge is 2.05. The highest BCUT2D eigenvalue weighted by Crippen LogP contribution is 2.23. The average Bonchev–Trinajstić information content (AvgIpc) is 2.43. The molecule has 0 amide bonds. The maximum absolute atomic E-state index is 3.55. The lowest BCUT2D eigenvalue weighted by atomic mass is 10.0. The van der Waals surface area contributed by atoms with E-state index in [0.717, 1.165) is 12.1 Å². The van der Waals surface area contributed by atoms with Gasteiger partial charge >= 0.3 is 0 Å². The van der Waals surface area contributed by atoms with Crippen LogP contribution in [0.4, 0.5) is 5.69 Å². The van der Waals surface area contributed by atoms with Crippen LogP contribution in [0.25, 0.3) is 5.70 Å². The molecule has 2 aromatic rings. The maximum Gasteiger partial charge on any atom is 0.0419 e. The molecule has 2 rings (SSSR count). The molecular formula is C19H23N. The minimum Gasteiger partial charge on any atom is -0.355 e. The van der Waals surface area contributed by atoms with E-state index in [2.05, 4.69) is 81.6 Å².